The number of nitro benzene ring substituents is 1. The fourth-order valence-corrected chi connectivity index (χ4v) is 2.98. The van der Waals surface area contributed by atoms with Crippen LogP contribution in [-0.2, 0) is 0 Å². The molecule has 0 aliphatic carbocycles. The van der Waals surface area contributed by atoms with Gasteiger partial charge < -0.3 is 0 Å². The van der Waals surface area contributed by atoms with Crippen LogP contribution in [0.15, 0.2) is 54.0 Å². The molecule has 0 saturated carbocycles. The lowest BCUT2D eigenvalue weighted by Gasteiger charge is -2.14. The van der Waals surface area contributed by atoms with Crippen molar-refractivity contribution in [1.29, 1.82) is 0 Å². The molecular formula is C18H12ClFN2O3. The number of halogens is 2. The summed E-state index contributed by atoms with van der Waals surface area (Å²) in [6, 6.07) is 8.64. The molecule has 0 N–H and O–H groups in total. The molecule has 0 saturated heterocycles. The Labute approximate surface area is 146 Å². The molecule has 126 valence electrons. The number of allylic oxidation sites excluding steroid dienone is 1. The fourth-order valence-electron chi connectivity index (χ4n) is 2.69. The maximum Gasteiger partial charge on any atom is 0.274 e. The van der Waals surface area contributed by atoms with E-state index in [1.54, 1.807) is 31.2 Å². The van der Waals surface area contributed by atoms with Gasteiger partial charge in [0, 0.05) is 23.2 Å². The molecule has 0 aliphatic rings. The highest BCUT2D eigenvalue weighted by atomic mass is 35.5. The Balaban J connectivity index is 2.41. The number of benzene rings is 2. The minimum absolute atomic E-state index is 0.225. The van der Waals surface area contributed by atoms with Crippen LogP contribution in [-0.4, -0.2) is 9.49 Å². The largest absolute Gasteiger partial charge is 0.279 e. The van der Waals surface area contributed by atoms with Gasteiger partial charge in [0.25, 0.3) is 11.2 Å². The van der Waals surface area contributed by atoms with Crippen LogP contribution >= 0.6 is 11.6 Å². The number of aromatic nitrogens is 1. The minimum atomic E-state index is -0.954. The third-order valence-electron chi connectivity index (χ3n) is 3.84. The van der Waals surface area contributed by atoms with Crippen LogP contribution < -0.4 is 5.56 Å². The van der Waals surface area contributed by atoms with Gasteiger partial charge in [-0.25, -0.2) is 4.39 Å². The van der Waals surface area contributed by atoms with E-state index >= 15 is 0 Å². The van der Waals surface area contributed by atoms with Gasteiger partial charge >= 0.3 is 0 Å². The van der Waals surface area contributed by atoms with Gasteiger partial charge in [-0.3, -0.25) is 19.5 Å². The van der Waals surface area contributed by atoms with Gasteiger partial charge in [0.05, 0.1) is 16.0 Å². The maximum atomic E-state index is 14.5. The number of nitro groups is 1. The average molecular weight is 359 g/mol. The van der Waals surface area contributed by atoms with Crippen molar-refractivity contribution >= 4 is 33.6 Å². The van der Waals surface area contributed by atoms with E-state index in [9.17, 15) is 19.3 Å². The highest BCUT2D eigenvalue weighted by Gasteiger charge is 2.20. The number of pyridine rings is 1. The van der Waals surface area contributed by atoms with Gasteiger partial charge in [-0.1, -0.05) is 36.4 Å². The Hall–Kier alpha value is -2.99. The summed E-state index contributed by atoms with van der Waals surface area (Å²) in [5.74, 6) is -0.954. The average Bonchev–Trinajstić information content (AvgIpc) is 2.55. The summed E-state index contributed by atoms with van der Waals surface area (Å²) in [5, 5.41) is 11.7. The Morgan fingerprint density at radius 1 is 1.28 bits per heavy atom. The SMILES string of the molecule is C=C(C)c1cn(-c2c(F)cc([N+](=O)[O-])cc2Cl)c(=O)c2ccccc12. The molecule has 0 unspecified atom stereocenters. The van der Waals surface area contributed by atoms with E-state index < -0.39 is 22.0 Å². The van der Waals surface area contributed by atoms with Gasteiger partial charge in [-0.2, -0.15) is 0 Å². The summed E-state index contributed by atoms with van der Waals surface area (Å²) in [5.41, 5.74) is 0.147. The van der Waals surface area contributed by atoms with Crippen LogP contribution in [0.2, 0.25) is 5.02 Å². The first-order valence-electron chi connectivity index (χ1n) is 7.25. The molecule has 1 heterocycles. The summed E-state index contributed by atoms with van der Waals surface area (Å²) < 4.78 is 15.6. The van der Waals surface area contributed by atoms with Gasteiger partial charge in [-0.05, 0) is 23.9 Å². The molecule has 5 nitrogen and oxygen atoms in total. The summed E-state index contributed by atoms with van der Waals surface area (Å²) >= 11 is 6.04. The predicted molar refractivity (Wildman–Crippen MR) is 95.9 cm³/mol. The van der Waals surface area contributed by atoms with Crippen LogP contribution in [0.3, 0.4) is 0 Å². The second-order valence-corrected chi connectivity index (χ2v) is 5.97. The molecule has 1 aromatic heterocycles. The highest BCUT2D eigenvalue weighted by Crippen LogP contribution is 2.30. The van der Waals surface area contributed by atoms with Crippen molar-refractivity contribution in [2.75, 3.05) is 0 Å². The molecule has 0 bridgehead atoms. The molecule has 0 atom stereocenters. The van der Waals surface area contributed by atoms with Crippen molar-refractivity contribution in [1.82, 2.24) is 4.57 Å². The van der Waals surface area contributed by atoms with Crippen LogP contribution in [0.1, 0.15) is 12.5 Å². The second-order valence-electron chi connectivity index (χ2n) is 5.56. The zero-order chi connectivity index (χ0) is 18.3. The number of hydrogen-bond acceptors (Lipinski definition) is 3. The number of hydrogen-bond donors (Lipinski definition) is 0. The predicted octanol–water partition coefficient (Wildman–Crippen LogP) is 4.72. The first-order chi connectivity index (χ1) is 11.8. The second kappa shape index (κ2) is 6.14. The number of rotatable bonds is 3. The summed E-state index contributed by atoms with van der Waals surface area (Å²) in [6.45, 7) is 5.66. The molecule has 2 aromatic carbocycles. The lowest BCUT2D eigenvalue weighted by molar-refractivity contribution is -0.385. The first kappa shape index (κ1) is 16.9. The molecule has 7 heteroatoms. The van der Waals surface area contributed by atoms with E-state index in [1.165, 1.54) is 6.20 Å². The van der Waals surface area contributed by atoms with Crippen molar-refractivity contribution in [2.45, 2.75) is 6.92 Å². The summed E-state index contributed by atoms with van der Waals surface area (Å²) in [4.78, 5) is 22.9. The van der Waals surface area contributed by atoms with Crippen LogP contribution in [0.4, 0.5) is 10.1 Å². The van der Waals surface area contributed by atoms with E-state index in [-0.39, 0.29) is 10.7 Å². The normalized spacial score (nSPS) is 10.8. The Bertz CT molecular complexity index is 1080. The van der Waals surface area contributed by atoms with Crippen LogP contribution in [0, 0.1) is 15.9 Å². The molecule has 0 radical (unpaired) electrons. The molecule has 25 heavy (non-hydrogen) atoms. The molecule has 0 spiro atoms. The molecule has 3 aromatic rings. The third kappa shape index (κ3) is 2.81. The Morgan fingerprint density at radius 3 is 2.48 bits per heavy atom. The smallest absolute Gasteiger partial charge is 0.274 e. The number of nitrogens with zero attached hydrogens (tertiary/aromatic N) is 2. The van der Waals surface area contributed by atoms with Crippen molar-refractivity contribution < 1.29 is 9.31 Å². The zero-order valence-electron chi connectivity index (χ0n) is 13.1. The topological polar surface area (TPSA) is 65.1 Å². The van der Waals surface area contributed by atoms with Gasteiger partial charge in [-0.15, -0.1) is 0 Å². The van der Waals surface area contributed by atoms with E-state index in [4.69, 9.17) is 11.6 Å². The quantitative estimate of drug-likeness (QED) is 0.502. The molecule has 0 fully saturated rings. The van der Waals surface area contributed by atoms with Gasteiger partial charge in [0.2, 0.25) is 0 Å². The fraction of sp³-hybridized carbons (Fsp3) is 0.0556. The van der Waals surface area contributed by atoms with E-state index in [2.05, 4.69) is 6.58 Å². The van der Waals surface area contributed by atoms with E-state index in [0.717, 1.165) is 16.7 Å². The van der Waals surface area contributed by atoms with Gasteiger partial charge in [0.1, 0.15) is 5.69 Å². The Kier molecular flexibility index (Phi) is 4.14. The lowest BCUT2D eigenvalue weighted by Crippen LogP contribution is -2.20. The third-order valence-corrected chi connectivity index (χ3v) is 4.13. The summed E-state index contributed by atoms with van der Waals surface area (Å²) in [6.07, 6.45) is 1.45. The highest BCUT2D eigenvalue weighted by molar-refractivity contribution is 6.32. The molecule has 0 aliphatic heterocycles. The van der Waals surface area contributed by atoms with Crippen molar-refractivity contribution in [3.63, 3.8) is 0 Å². The molecule has 0 amide bonds. The van der Waals surface area contributed by atoms with Crippen molar-refractivity contribution in [3.8, 4) is 5.69 Å². The van der Waals surface area contributed by atoms with Gasteiger partial charge in [0.15, 0.2) is 5.82 Å². The molecule has 3 rings (SSSR count). The first-order valence-corrected chi connectivity index (χ1v) is 7.63. The Morgan fingerprint density at radius 2 is 1.92 bits per heavy atom. The number of non-ortho nitro benzene ring substituents is 1. The monoisotopic (exact) mass is 358 g/mol. The lowest BCUT2D eigenvalue weighted by atomic mass is 10.0. The number of fused-ring (bicyclic) bond motifs is 1. The summed E-state index contributed by atoms with van der Waals surface area (Å²) in [7, 11) is 0. The van der Waals surface area contributed by atoms with Crippen LogP contribution in [0.25, 0.3) is 22.0 Å². The van der Waals surface area contributed by atoms with E-state index in [1.807, 2.05) is 0 Å². The minimum Gasteiger partial charge on any atom is -0.279 e. The molecular weight excluding hydrogens is 347 g/mol. The van der Waals surface area contributed by atoms with Crippen molar-refractivity contribution in [2.24, 2.45) is 0 Å². The maximum absolute atomic E-state index is 14.5. The van der Waals surface area contributed by atoms with E-state index in [0.29, 0.717) is 21.9 Å². The standard InChI is InChI=1S/C18H12ClFN2O3/c1-10(2)14-9-21(18(23)13-6-4-3-5-12(13)14)17-15(19)7-11(22(24)25)8-16(17)20/h3-9H,1H2,2H3. The zero-order valence-corrected chi connectivity index (χ0v) is 13.9. The van der Waals surface area contributed by atoms with Crippen molar-refractivity contribution in [3.05, 3.63) is 86.0 Å². The van der Waals surface area contributed by atoms with Crippen LogP contribution in [0.5, 0.6) is 0 Å².